The van der Waals surface area contributed by atoms with Crippen LogP contribution in [-0.4, -0.2) is 53.5 Å². The number of cyclic esters (lactones) is 1. The van der Waals surface area contributed by atoms with Crippen LogP contribution in [-0.2, 0) is 19.1 Å². The Balaban J connectivity index is 3.04. The van der Waals surface area contributed by atoms with E-state index in [1.54, 1.807) is 19.1 Å². The van der Waals surface area contributed by atoms with Crippen LogP contribution in [0, 0.1) is 11.8 Å². The average molecular weight is 368 g/mol. The second kappa shape index (κ2) is 11.3. The Bertz CT molecular complexity index is 512. The van der Waals surface area contributed by atoms with Gasteiger partial charge in [-0.3, -0.25) is 9.59 Å². The monoisotopic (exact) mass is 368 g/mol. The fourth-order valence-corrected chi connectivity index (χ4v) is 3.18. The Hall–Kier alpha value is -1.50. The summed E-state index contributed by atoms with van der Waals surface area (Å²) in [7, 11) is 1.39. The van der Waals surface area contributed by atoms with Crippen molar-refractivity contribution >= 4 is 11.8 Å². The zero-order valence-electron chi connectivity index (χ0n) is 16.1. The van der Waals surface area contributed by atoms with Gasteiger partial charge >= 0.3 is 5.97 Å². The summed E-state index contributed by atoms with van der Waals surface area (Å²) in [5, 5.41) is 21.0. The second-order valence-electron chi connectivity index (χ2n) is 6.99. The van der Waals surface area contributed by atoms with Crippen LogP contribution < -0.4 is 0 Å². The number of carbonyl (C=O) groups is 2. The SMILES string of the molecule is CCC1CC(C)C(=O)/C=C/C=C/CC(C)OC(=O)CC(O)C(OC)C1O. The Morgan fingerprint density at radius 2 is 1.92 bits per heavy atom. The van der Waals surface area contributed by atoms with Gasteiger partial charge in [-0.25, -0.2) is 0 Å². The summed E-state index contributed by atoms with van der Waals surface area (Å²) < 4.78 is 10.5. The van der Waals surface area contributed by atoms with E-state index in [0.717, 1.165) is 0 Å². The van der Waals surface area contributed by atoms with Gasteiger partial charge in [-0.1, -0.05) is 38.5 Å². The number of aliphatic hydroxyl groups is 2. The van der Waals surface area contributed by atoms with Gasteiger partial charge in [0.25, 0.3) is 0 Å². The van der Waals surface area contributed by atoms with Crippen molar-refractivity contribution in [2.45, 2.75) is 70.9 Å². The van der Waals surface area contributed by atoms with E-state index in [1.807, 2.05) is 19.9 Å². The van der Waals surface area contributed by atoms with Crippen LogP contribution in [0.25, 0.3) is 0 Å². The number of methoxy groups -OCH3 is 1. The Kier molecular flexibility index (Phi) is 9.76. The maximum absolute atomic E-state index is 12.2. The first kappa shape index (κ1) is 22.5. The van der Waals surface area contributed by atoms with Crippen molar-refractivity contribution in [1.29, 1.82) is 0 Å². The number of esters is 1. The van der Waals surface area contributed by atoms with E-state index in [-0.39, 0.29) is 30.1 Å². The quantitative estimate of drug-likeness (QED) is 0.726. The molecular weight excluding hydrogens is 336 g/mol. The molecule has 6 nitrogen and oxygen atoms in total. The lowest BCUT2D eigenvalue weighted by Gasteiger charge is -2.32. The number of ether oxygens (including phenoxy) is 2. The molecule has 0 aliphatic carbocycles. The first-order valence-corrected chi connectivity index (χ1v) is 9.25. The minimum Gasteiger partial charge on any atom is -0.462 e. The smallest absolute Gasteiger partial charge is 0.308 e. The number of hydrogen-bond donors (Lipinski definition) is 2. The molecule has 1 aliphatic rings. The highest BCUT2D eigenvalue weighted by molar-refractivity contribution is 5.91. The van der Waals surface area contributed by atoms with Gasteiger partial charge in [0, 0.05) is 19.4 Å². The fraction of sp³-hybridized carbons (Fsp3) is 0.700. The van der Waals surface area contributed by atoms with Gasteiger partial charge in [-0.05, 0) is 25.3 Å². The number of allylic oxidation sites excluding steroid dienone is 3. The third kappa shape index (κ3) is 7.02. The summed E-state index contributed by atoms with van der Waals surface area (Å²) in [6.45, 7) is 5.49. The molecule has 0 aromatic carbocycles. The molecule has 148 valence electrons. The highest BCUT2D eigenvalue weighted by atomic mass is 16.5. The Labute approximate surface area is 155 Å². The van der Waals surface area contributed by atoms with Gasteiger partial charge in [-0.2, -0.15) is 0 Å². The highest BCUT2D eigenvalue weighted by Gasteiger charge is 2.35. The van der Waals surface area contributed by atoms with E-state index >= 15 is 0 Å². The molecule has 0 spiro atoms. The van der Waals surface area contributed by atoms with Crippen molar-refractivity contribution in [2.75, 3.05) is 7.11 Å². The number of hydrogen-bond acceptors (Lipinski definition) is 6. The molecule has 6 unspecified atom stereocenters. The summed E-state index contributed by atoms with van der Waals surface area (Å²) in [4.78, 5) is 24.3. The molecule has 0 bridgehead atoms. The van der Waals surface area contributed by atoms with Gasteiger partial charge < -0.3 is 19.7 Å². The molecule has 0 aromatic rings. The molecule has 26 heavy (non-hydrogen) atoms. The van der Waals surface area contributed by atoms with Crippen LogP contribution >= 0.6 is 0 Å². The van der Waals surface area contributed by atoms with Gasteiger partial charge in [-0.15, -0.1) is 0 Å². The zero-order valence-corrected chi connectivity index (χ0v) is 16.1. The number of rotatable bonds is 2. The molecular formula is C20H32O6. The van der Waals surface area contributed by atoms with Crippen LogP contribution in [0.3, 0.4) is 0 Å². The summed E-state index contributed by atoms with van der Waals surface area (Å²) in [6, 6.07) is 0. The van der Waals surface area contributed by atoms with Gasteiger partial charge in [0.05, 0.1) is 18.6 Å². The predicted molar refractivity (Wildman–Crippen MR) is 98.4 cm³/mol. The van der Waals surface area contributed by atoms with Crippen LogP contribution in [0.5, 0.6) is 0 Å². The molecule has 0 amide bonds. The van der Waals surface area contributed by atoms with Crippen molar-refractivity contribution in [3.05, 3.63) is 24.3 Å². The lowest BCUT2D eigenvalue weighted by molar-refractivity contribution is -0.156. The first-order valence-electron chi connectivity index (χ1n) is 9.25. The molecule has 0 radical (unpaired) electrons. The van der Waals surface area contributed by atoms with Crippen molar-refractivity contribution in [3.8, 4) is 0 Å². The number of aliphatic hydroxyl groups excluding tert-OH is 2. The third-order valence-corrected chi connectivity index (χ3v) is 4.82. The first-order chi connectivity index (χ1) is 12.3. The maximum atomic E-state index is 12.2. The van der Waals surface area contributed by atoms with Crippen LogP contribution in [0.1, 0.15) is 46.5 Å². The van der Waals surface area contributed by atoms with Crippen LogP contribution in [0.15, 0.2) is 24.3 Å². The van der Waals surface area contributed by atoms with Gasteiger partial charge in [0.2, 0.25) is 0 Å². The average Bonchev–Trinajstić information content (AvgIpc) is 2.58. The summed E-state index contributed by atoms with van der Waals surface area (Å²) in [5.41, 5.74) is 0. The molecule has 0 saturated heterocycles. The number of ketones is 1. The predicted octanol–water partition coefficient (Wildman–Crippen LogP) is 2.18. The molecule has 2 N–H and O–H groups in total. The molecule has 1 rings (SSSR count). The molecule has 1 aliphatic heterocycles. The van der Waals surface area contributed by atoms with E-state index in [2.05, 4.69) is 0 Å². The lowest BCUT2D eigenvalue weighted by atomic mass is 9.83. The fourth-order valence-electron chi connectivity index (χ4n) is 3.18. The van der Waals surface area contributed by atoms with Crippen LogP contribution in [0.2, 0.25) is 0 Å². The van der Waals surface area contributed by atoms with E-state index in [0.29, 0.717) is 19.3 Å². The summed E-state index contributed by atoms with van der Waals surface area (Å²) in [6.07, 6.45) is 4.67. The summed E-state index contributed by atoms with van der Waals surface area (Å²) in [5.74, 6) is -1.04. The van der Waals surface area contributed by atoms with Crippen molar-refractivity contribution < 1.29 is 29.3 Å². The minimum atomic E-state index is -1.18. The van der Waals surface area contributed by atoms with Crippen molar-refractivity contribution in [3.63, 3.8) is 0 Å². The lowest BCUT2D eigenvalue weighted by Crippen LogP contribution is -2.45. The topological polar surface area (TPSA) is 93.1 Å². The van der Waals surface area contributed by atoms with E-state index < -0.39 is 24.3 Å². The number of carbonyl (C=O) groups excluding carboxylic acids is 2. The zero-order chi connectivity index (χ0) is 19.7. The standard InChI is InChI=1S/C20H32O6/c1-5-15-11-13(2)16(21)10-8-6-7-9-14(3)26-18(23)12-17(22)20(25-4)19(15)24/h6-8,10,13-15,17,19-20,22,24H,5,9,11-12H2,1-4H3/b7-6+,10-8+. The molecule has 6 heteroatoms. The minimum absolute atomic E-state index is 0.0126. The molecule has 0 saturated carbocycles. The van der Waals surface area contributed by atoms with Crippen LogP contribution in [0.4, 0.5) is 0 Å². The van der Waals surface area contributed by atoms with Gasteiger partial charge in [0.1, 0.15) is 12.2 Å². The normalized spacial score (nSPS) is 37.8. The van der Waals surface area contributed by atoms with Crippen molar-refractivity contribution in [1.82, 2.24) is 0 Å². The highest BCUT2D eigenvalue weighted by Crippen LogP contribution is 2.25. The molecule has 0 fully saturated rings. The van der Waals surface area contributed by atoms with E-state index in [1.165, 1.54) is 13.2 Å². The molecule has 6 atom stereocenters. The Morgan fingerprint density at radius 3 is 2.54 bits per heavy atom. The van der Waals surface area contributed by atoms with Crippen molar-refractivity contribution in [2.24, 2.45) is 11.8 Å². The maximum Gasteiger partial charge on any atom is 0.308 e. The van der Waals surface area contributed by atoms with E-state index in [9.17, 15) is 19.8 Å². The Morgan fingerprint density at radius 1 is 1.23 bits per heavy atom. The summed E-state index contributed by atoms with van der Waals surface area (Å²) >= 11 is 0. The third-order valence-electron chi connectivity index (χ3n) is 4.82. The molecule has 0 aromatic heterocycles. The second-order valence-corrected chi connectivity index (χ2v) is 6.99. The van der Waals surface area contributed by atoms with Gasteiger partial charge in [0.15, 0.2) is 5.78 Å². The largest absolute Gasteiger partial charge is 0.462 e. The van der Waals surface area contributed by atoms with E-state index in [4.69, 9.17) is 9.47 Å². The molecule has 1 heterocycles.